The Balaban J connectivity index is 2.98. The van der Waals surface area contributed by atoms with E-state index in [1.807, 2.05) is 20.8 Å². The van der Waals surface area contributed by atoms with Gasteiger partial charge in [-0.05, 0) is 25.0 Å². The molecule has 4 nitrogen and oxygen atoms in total. The van der Waals surface area contributed by atoms with Crippen molar-refractivity contribution in [2.45, 2.75) is 33.2 Å². The Hall–Kier alpha value is -1.65. The fraction of sp³-hybridized carbons (Fsp3) is 0.500. The van der Waals surface area contributed by atoms with E-state index in [2.05, 4.69) is 5.32 Å². The third-order valence-electron chi connectivity index (χ3n) is 3.05. The average Bonchev–Trinajstić information content (AvgIpc) is 2.27. The largest absolute Gasteiger partial charge is 0.377 e. The van der Waals surface area contributed by atoms with Crippen molar-refractivity contribution < 1.29 is 9.31 Å². The topological polar surface area (TPSA) is 55.2 Å². The fourth-order valence-electron chi connectivity index (χ4n) is 1.56. The maximum atomic E-state index is 13.4. The zero-order chi connectivity index (χ0) is 13.0. The Morgan fingerprint density at radius 2 is 2.12 bits per heavy atom. The first-order valence-electron chi connectivity index (χ1n) is 5.66. The van der Waals surface area contributed by atoms with E-state index in [4.69, 9.17) is 0 Å². The predicted octanol–water partition coefficient (Wildman–Crippen LogP) is 3.58. The van der Waals surface area contributed by atoms with Crippen molar-refractivity contribution in [3.05, 3.63) is 34.1 Å². The molecule has 2 atom stereocenters. The van der Waals surface area contributed by atoms with Gasteiger partial charge in [-0.3, -0.25) is 10.1 Å². The normalized spacial score (nSPS) is 14.1. The summed E-state index contributed by atoms with van der Waals surface area (Å²) in [6.07, 6.45) is 0.956. The van der Waals surface area contributed by atoms with Crippen LogP contribution in [-0.2, 0) is 0 Å². The molecule has 0 spiro atoms. The highest BCUT2D eigenvalue weighted by atomic mass is 19.1. The molecule has 1 N–H and O–H groups in total. The summed E-state index contributed by atoms with van der Waals surface area (Å²) in [5.41, 5.74) is -0.245. The number of nitrogens with one attached hydrogen (secondary N) is 1. The molecule has 0 heterocycles. The molecular formula is C12H17FN2O2. The van der Waals surface area contributed by atoms with Crippen molar-refractivity contribution >= 4 is 11.4 Å². The van der Waals surface area contributed by atoms with Gasteiger partial charge in [0.1, 0.15) is 5.69 Å². The highest BCUT2D eigenvalue weighted by Gasteiger charge is 2.21. The number of hydrogen-bond donors (Lipinski definition) is 1. The number of nitro groups is 1. The highest BCUT2D eigenvalue weighted by Crippen LogP contribution is 2.28. The molecule has 0 amide bonds. The standard InChI is InChI=1S/C12H17FN2O2/c1-4-8(2)9(3)14-11-7-5-6-10(13)12(11)15(16)17/h5-9,14H,4H2,1-3H3. The van der Waals surface area contributed by atoms with Crippen LogP contribution in [0.1, 0.15) is 27.2 Å². The zero-order valence-corrected chi connectivity index (χ0v) is 10.2. The van der Waals surface area contributed by atoms with Crippen LogP contribution in [0.4, 0.5) is 15.8 Å². The lowest BCUT2D eigenvalue weighted by Crippen LogP contribution is -2.23. The smallest absolute Gasteiger partial charge is 0.327 e. The average molecular weight is 240 g/mol. The van der Waals surface area contributed by atoms with Gasteiger partial charge in [0.15, 0.2) is 0 Å². The van der Waals surface area contributed by atoms with Crippen LogP contribution in [0, 0.1) is 21.8 Å². The summed E-state index contributed by atoms with van der Waals surface area (Å²) in [7, 11) is 0. The highest BCUT2D eigenvalue weighted by molar-refractivity contribution is 5.62. The number of rotatable bonds is 5. The van der Waals surface area contributed by atoms with Crippen molar-refractivity contribution in [1.29, 1.82) is 0 Å². The molecular weight excluding hydrogens is 223 g/mol. The van der Waals surface area contributed by atoms with E-state index in [0.717, 1.165) is 12.5 Å². The lowest BCUT2D eigenvalue weighted by Gasteiger charge is -2.20. The third-order valence-corrected chi connectivity index (χ3v) is 3.05. The van der Waals surface area contributed by atoms with E-state index in [9.17, 15) is 14.5 Å². The molecule has 0 radical (unpaired) electrons. The fourth-order valence-corrected chi connectivity index (χ4v) is 1.56. The summed E-state index contributed by atoms with van der Waals surface area (Å²) >= 11 is 0. The van der Waals surface area contributed by atoms with E-state index in [-0.39, 0.29) is 11.7 Å². The maximum Gasteiger partial charge on any atom is 0.327 e. The first-order valence-corrected chi connectivity index (χ1v) is 5.66. The van der Waals surface area contributed by atoms with Gasteiger partial charge in [0.05, 0.1) is 4.92 Å². The number of nitrogens with zero attached hydrogens (tertiary/aromatic N) is 1. The molecule has 0 aliphatic carbocycles. The van der Waals surface area contributed by atoms with E-state index in [1.165, 1.54) is 12.1 Å². The van der Waals surface area contributed by atoms with Gasteiger partial charge in [0.25, 0.3) is 0 Å². The Morgan fingerprint density at radius 1 is 1.47 bits per heavy atom. The third kappa shape index (κ3) is 3.15. The molecule has 0 fully saturated rings. The van der Waals surface area contributed by atoms with E-state index < -0.39 is 16.4 Å². The molecule has 2 unspecified atom stereocenters. The number of halogens is 1. The molecule has 1 aromatic rings. The second-order valence-electron chi connectivity index (χ2n) is 4.21. The van der Waals surface area contributed by atoms with Crippen molar-refractivity contribution in [3.8, 4) is 0 Å². The van der Waals surface area contributed by atoms with Crippen LogP contribution in [0.15, 0.2) is 18.2 Å². The van der Waals surface area contributed by atoms with Crippen molar-refractivity contribution in [2.24, 2.45) is 5.92 Å². The number of anilines is 1. The Bertz CT molecular complexity index is 409. The van der Waals surface area contributed by atoms with E-state index >= 15 is 0 Å². The van der Waals surface area contributed by atoms with Gasteiger partial charge >= 0.3 is 5.69 Å². The quantitative estimate of drug-likeness (QED) is 0.632. The minimum absolute atomic E-state index is 0.0560. The van der Waals surface area contributed by atoms with Gasteiger partial charge in [0, 0.05) is 6.04 Å². The lowest BCUT2D eigenvalue weighted by molar-refractivity contribution is -0.386. The van der Waals surface area contributed by atoms with Gasteiger partial charge in [-0.1, -0.05) is 26.3 Å². The molecule has 0 saturated heterocycles. The van der Waals surface area contributed by atoms with Crippen LogP contribution < -0.4 is 5.32 Å². The Kier molecular flexibility index (Phi) is 4.43. The number of nitro benzene ring substituents is 1. The molecule has 0 aliphatic heterocycles. The molecule has 17 heavy (non-hydrogen) atoms. The summed E-state index contributed by atoms with van der Waals surface area (Å²) < 4.78 is 13.4. The first kappa shape index (κ1) is 13.4. The molecule has 94 valence electrons. The van der Waals surface area contributed by atoms with Gasteiger partial charge in [-0.15, -0.1) is 0 Å². The first-order chi connectivity index (χ1) is 7.97. The molecule has 1 aromatic carbocycles. The summed E-state index contributed by atoms with van der Waals surface area (Å²) in [6, 6.07) is 4.14. The van der Waals surface area contributed by atoms with Crippen molar-refractivity contribution in [3.63, 3.8) is 0 Å². The second-order valence-corrected chi connectivity index (χ2v) is 4.21. The monoisotopic (exact) mass is 240 g/mol. The molecule has 5 heteroatoms. The lowest BCUT2D eigenvalue weighted by atomic mass is 10.0. The van der Waals surface area contributed by atoms with Crippen LogP contribution in [0.3, 0.4) is 0 Å². The van der Waals surface area contributed by atoms with Gasteiger partial charge < -0.3 is 5.32 Å². The Morgan fingerprint density at radius 3 is 2.65 bits per heavy atom. The van der Waals surface area contributed by atoms with Crippen LogP contribution in [0.25, 0.3) is 0 Å². The molecule has 0 bridgehead atoms. The molecule has 1 rings (SSSR count). The number of benzene rings is 1. The summed E-state index contributed by atoms with van der Waals surface area (Å²) in [4.78, 5) is 10.1. The minimum atomic E-state index is -0.809. The maximum absolute atomic E-state index is 13.4. The summed E-state index contributed by atoms with van der Waals surface area (Å²) in [5.74, 6) is -0.450. The summed E-state index contributed by atoms with van der Waals surface area (Å²) in [6.45, 7) is 6.02. The van der Waals surface area contributed by atoms with Crippen LogP contribution in [-0.4, -0.2) is 11.0 Å². The summed E-state index contributed by atoms with van der Waals surface area (Å²) in [5, 5.41) is 13.8. The van der Waals surface area contributed by atoms with Crippen molar-refractivity contribution in [1.82, 2.24) is 0 Å². The SMILES string of the molecule is CCC(C)C(C)Nc1cccc(F)c1[N+](=O)[O-]. The predicted molar refractivity (Wildman–Crippen MR) is 65.6 cm³/mol. The number of hydrogen-bond acceptors (Lipinski definition) is 3. The van der Waals surface area contributed by atoms with Crippen LogP contribution in [0.5, 0.6) is 0 Å². The molecule has 0 aliphatic rings. The zero-order valence-electron chi connectivity index (χ0n) is 10.2. The van der Waals surface area contributed by atoms with Crippen molar-refractivity contribution in [2.75, 3.05) is 5.32 Å². The number of para-hydroxylation sites is 1. The second kappa shape index (κ2) is 5.61. The van der Waals surface area contributed by atoms with Gasteiger partial charge in [0.2, 0.25) is 5.82 Å². The van der Waals surface area contributed by atoms with Gasteiger partial charge in [-0.2, -0.15) is 4.39 Å². The molecule has 0 saturated carbocycles. The van der Waals surface area contributed by atoms with Crippen LogP contribution in [0.2, 0.25) is 0 Å². The molecule has 0 aromatic heterocycles. The van der Waals surface area contributed by atoms with E-state index in [0.29, 0.717) is 5.92 Å². The van der Waals surface area contributed by atoms with Gasteiger partial charge in [-0.25, -0.2) is 0 Å². The van der Waals surface area contributed by atoms with E-state index in [1.54, 1.807) is 0 Å². The minimum Gasteiger partial charge on any atom is -0.377 e. The van der Waals surface area contributed by atoms with Crippen LogP contribution >= 0.6 is 0 Å². The Labute approximate surface area is 100.0 Å².